The highest BCUT2D eigenvalue weighted by Gasteiger charge is 2.38. The lowest BCUT2D eigenvalue weighted by atomic mass is 9.86. The van der Waals surface area contributed by atoms with E-state index in [1.54, 1.807) is 24.3 Å². The van der Waals surface area contributed by atoms with Gasteiger partial charge in [0.15, 0.2) is 0 Å². The molecule has 0 radical (unpaired) electrons. The monoisotopic (exact) mass is 305 g/mol. The van der Waals surface area contributed by atoms with Crippen molar-refractivity contribution < 1.29 is 19.4 Å². The van der Waals surface area contributed by atoms with Gasteiger partial charge >= 0.3 is 6.03 Å². The van der Waals surface area contributed by atoms with E-state index in [0.717, 1.165) is 5.56 Å². The number of primary amides is 1. The maximum Gasteiger partial charge on any atom is 0.312 e. The summed E-state index contributed by atoms with van der Waals surface area (Å²) in [6.45, 7) is 0.573. The van der Waals surface area contributed by atoms with Gasteiger partial charge in [-0.3, -0.25) is 4.79 Å². The van der Waals surface area contributed by atoms with Crippen LogP contribution in [0.1, 0.15) is 28.8 Å². The molecule has 3 rings (SSSR count). The SMILES string of the molecule is NC(=O)NC1CC(NC(=O)c2ccc(C3(O)COC3)cc2)C1. The zero-order valence-electron chi connectivity index (χ0n) is 12.0. The highest BCUT2D eigenvalue weighted by atomic mass is 16.5. The van der Waals surface area contributed by atoms with Crippen LogP contribution >= 0.6 is 0 Å². The third-order valence-corrected chi connectivity index (χ3v) is 4.19. The van der Waals surface area contributed by atoms with Crippen molar-refractivity contribution in [1.29, 1.82) is 0 Å². The smallest absolute Gasteiger partial charge is 0.312 e. The van der Waals surface area contributed by atoms with E-state index in [2.05, 4.69) is 10.6 Å². The minimum atomic E-state index is -0.920. The topological polar surface area (TPSA) is 114 Å². The Bertz CT molecular complexity index is 577. The fourth-order valence-electron chi connectivity index (χ4n) is 2.72. The van der Waals surface area contributed by atoms with Gasteiger partial charge < -0.3 is 26.2 Å². The first-order chi connectivity index (χ1) is 10.5. The van der Waals surface area contributed by atoms with E-state index >= 15 is 0 Å². The molecule has 7 nitrogen and oxygen atoms in total. The minimum absolute atomic E-state index is 0.0399. The predicted molar refractivity (Wildman–Crippen MR) is 78.2 cm³/mol. The zero-order valence-corrected chi connectivity index (χ0v) is 12.0. The molecule has 1 aromatic carbocycles. The van der Waals surface area contributed by atoms with E-state index in [-0.39, 0.29) is 31.2 Å². The van der Waals surface area contributed by atoms with E-state index in [4.69, 9.17) is 10.5 Å². The molecule has 1 aliphatic heterocycles. The summed E-state index contributed by atoms with van der Waals surface area (Å²) in [7, 11) is 0. The van der Waals surface area contributed by atoms with Crippen LogP contribution in [0.2, 0.25) is 0 Å². The molecule has 118 valence electrons. The van der Waals surface area contributed by atoms with E-state index in [0.29, 0.717) is 18.4 Å². The average Bonchev–Trinajstić information content (AvgIpc) is 2.42. The molecule has 1 aliphatic carbocycles. The molecule has 0 aromatic heterocycles. The summed E-state index contributed by atoms with van der Waals surface area (Å²) in [5, 5.41) is 15.6. The van der Waals surface area contributed by atoms with Crippen molar-refractivity contribution in [2.24, 2.45) is 5.73 Å². The number of amides is 3. The number of urea groups is 1. The predicted octanol–water partition coefficient (Wildman–Crippen LogP) is -0.166. The second kappa shape index (κ2) is 5.58. The van der Waals surface area contributed by atoms with Crippen molar-refractivity contribution >= 4 is 11.9 Å². The summed E-state index contributed by atoms with van der Waals surface area (Å²) >= 11 is 0. The summed E-state index contributed by atoms with van der Waals surface area (Å²) in [5.74, 6) is -0.161. The molecule has 1 aromatic rings. The van der Waals surface area contributed by atoms with Crippen molar-refractivity contribution in [2.45, 2.75) is 30.5 Å². The number of rotatable bonds is 4. The number of carbonyl (C=O) groups excluding carboxylic acids is 2. The maximum atomic E-state index is 12.1. The van der Waals surface area contributed by atoms with Crippen molar-refractivity contribution in [3.8, 4) is 0 Å². The lowest BCUT2D eigenvalue weighted by molar-refractivity contribution is -0.184. The Morgan fingerprint density at radius 1 is 1.14 bits per heavy atom. The Labute approximate surface area is 127 Å². The number of nitrogens with two attached hydrogens (primary N) is 1. The number of nitrogens with one attached hydrogen (secondary N) is 2. The molecule has 2 fully saturated rings. The summed E-state index contributed by atoms with van der Waals surface area (Å²) in [4.78, 5) is 22.8. The molecule has 7 heteroatoms. The summed E-state index contributed by atoms with van der Waals surface area (Å²) in [6, 6.07) is 6.43. The van der Waals surface area contributed by atoms with Gasteiger partial charge in [0.05, 0.1) is 13.2 Å². The molecular formula is C15H19N3O4. The molecule has 3 amide bonds. The van der Waals surface area contributed by atoms with Crippen LogP contribution in [-0.4, -0.2) is 42.3 Å². The second-order valence-electron chi connectivity index (χ2n) is 5.95. The highest BCUT2D eigenvalue weighted by molar-refractivity contribution is 5.94. The molecule has 1 saturated heterocycles. The normalized spacial score (nSPS) is 25.5. The second-order valence-corrected chi connectivity index (χ2v) is 5.95. The number of aliphatic hydroxyl groups is 1. The Hall–Kier alpha value is -2.12. The highest BCUT2D eigenvalue weighted by Crippen LogP contribution is 2.29. The van der Waals surface area contributed by atoms with E-state index in [1.165, 1.54) is 0 Å². The minimum Gasteiger partial charge on any atom is -0.380 e. The fraction of sp³-hybridized carbons (Fsp3) is 0.467. The molecule has 0 atom stereocenters. The number of benzene rings is 1. The maximum absolute atomic E-state index is 12.1. The van der Waals surface area contributed by atoms with Crippen LogP contribution in [-0.2, 0) is 10.3 Å². The Morgan fingerprint density at radius 3 is 2.23 bits per heavy atom. The van der Waals surface area contributed by atoms with Crippen molar-refractivity contribution in [2.75, 3.05) is 13.2 Å². The van der Waals surface area contributed by atoms with Crippen LogP contribution < -0.4 is 16.4 Å². The van der Waals surface area contributed by atoms with Gasteiger partial charge in [0.1, 0.15) is 5.60 Å². The van der Waals surface area contributed by atoms with Crippen molar-refractivity contribution in [3.63, 3.8) is 0 Å². The first kappa shape index (κ1) is 14.8. The first-order valence-corrected chi connectivity index (χ1v) is 7.24. The summed E-state index contributed by atoms with van der Waals surface area (Å²) < 4.78 is 5.01. The van der Waals surface area contributed by atoms with Crippen LogP contribution in [0.4, 0.5) is 4.79 Å². The molecule has 22 heavy (non-hydrogen) atoms. The van der Waals surface area contributed by atoms with Gasteiger partial charge in [0, 0.05) is 17.6 Å². The molecule has 5 N–H and O–H groups in total. The first-order valence-electron chi connectivity index (χ1n) is 7.24. The number of hydrogen-bond donors (Lipinski definition) is 4. The van der Waals surface area contributed by atoms with Crippen LogP contribution in [0, 0.1) is 0 Å². The van der Waals surface area contributed by atoms with Crippen LogP contribution in [0.15, 0.2) is 24.3 Å². The third-order valence-electron chi connectivity index (χ3n) is 4.19. The molecule has 0 unspecified atom stereocenters. The Kier molecular flexibility index (Phi) is 3.76. The average molecular weight is 305 g/mol. The molecule has 0 bridgehead atoms. The standard InChI is InChI=1S/C15H19N3O4/c16-14(20)18-12-5-11(6-12)17-13(19)9-1-3-10(4-2-9)15(21)7-22-8-15/h1-4,11-12,21H,5-8H2,(H,17,19)(H3,16,18,20). The van der Waals surface area contributed by atoms with Crippen molar-refractivity contribution in [3.05, 3.63) is 35.4 Å². The molecular weight excluding hydrogens is 286 g/mol. The Morgan fingerprint density at radius 2 is 1.73 bits per heavy atom. The van der Waals surface area contributed by atoms with E-state index in [1.807, 2.05) is 0 Å². The van der Waals surface area contributed by atoms with Gasteiger partial charge in [-0.25, -0.2) is 4.79 Å². The molecule has 1 saturated carbocycles. The fourth-order valence-corrected chi connectivity index (χ4v) is 2.72. The van der Waals surface area contributed by atoms with Gasteiger partial charge in [-0.15, -0.1) is 0 Å². The summed E-state index contributed by atoms with van der Waals surface area (Å²) in [5.41, 5.74) is 5.41. The van der Waals surface area contributed by atoms with Gasteiger partial charge in [-0.2, -0.15) is 0 Å². The van der Waals surface area contributed by atoms with Crippen molar-refractivity contribution in [1.82, 2.24) is 10.6 Å². The number of ether oxygens (including phenoxy) is 1. The zero-order chi connectivity index (χ0) is 15.7. The largest absolute Gasteiger partial charge is 0.380 e. The third kappa shape index (κ3) is 2.90. The molecule has 1 heterocycles. The van der Waals surface area contributed by atoms with Crippen LogP contribution in [0.5, 0.6) is 0 Å². The molecule has 2 aliphatic rings. The number of hydrogen-bond acceptors (Lipinski definition) is 4. The summed E-state index contributed by atoms with van der Waals surface area (Å²) in [6.07, 6.45) is 1.37. The lowest BCUT2D eigenvalue weighted by Crippen LogP contribution is -2.54. The van der Waals surface area contributed by atoms with Gasteiger partial charge in [0.2, 0.25) is 0 Å². The van der Waals surface area contributed by atoms with Gasteiger partial charge in [-0.1, -0.05) is 12.1 Å². The van der Waals surface area contributed by atoms with E-state index < -0.39 is 11.6 Å². The van der Waals surface area contributed by atoms with Crippen LogP contribution in [0.3, 0.4) is 0 Å². The van der Waals surface area contributed by atoms with E-state index in [9.17, 15) is 14.7 Å². The lowest BCUT2D eigenvalue weighted by Gasteiger charge is -2.37. The number of carbonyl (C=O) groups is 2. The van der Waals surface area contributed by atoms with Gasteiger partial charge in [0.25, 0.3) is 5.91 Å². The quantitative estimate of drug-likeness (QED) is 0.618. The van der Waals surface area contributed by atoms with Crippen LogP contribution in [0.25, 0.3) is 0 Å². The van der Waals surface area contributed by atoms with Gasteiger partial charge in [-0.05, 0) is 30.5 Å². The molecule has 0 spiro atoms. The Balaban J connectivity index is 1.52.